The Morgan fingerprint density at radius 3 is 0.958 bits per heavy atom. The Hall–Kier alpha value is -11.5. The Morgan fingerprint density at radius 2 is 0.562 bits per heavy atom. The van der Waals surface area contributed by atoms with Crippen LogP contribution in [0.4, 0.5) is 0 Å². The van der Waals surface area contributed by atoms with Crippen LogP contribution in [0.5, 0.6) is 0 Å². The number of benzene rings is 12. The molecule has 0 radical (unpaired) electrons. The highest BCUT2D eigenvalue weighted by atomic mass is 35.5. The second kappa shape index (κ2) is 23.5. The number of halogens is 1. The smallest absolute Gasteiger partial charge is 0.399 e. The van der Waals surface area contributed by atoms with Crippen molar-refractivity contribution in [2.24, 2.45) is 0 Å². The number of aromatic nitrogens is 8. The maximum absolute atomic E-state index is 6.30. The molecule has 0 amide bonds. The highest BCUT2D eigenvalue weighted by Crippen LogP contribution is 2.43. The van der Waals surface area contributed by atoms with Crippen molar-refractivity contribution in [3.05, 3.63) is 296 Å². The molecule has 1 aliphatic heterocycles. The number of nitrogens with zero attached hydrogens (tertiary/aromatic N) is 8. The minimum absolute atomic E-state index is 0.340. The Bertz CT molecular complexity index is 5780. The summed E-state index contributed by atoms with van der Waals surface area (Å²) in [4.78, 5) is 28.6. The van der Waals surface area contributed by atoms with Crippen LogP contribution in [0, 0.1) is 0 Å². The quantitative estimate of drug-likeness (QED) is 0.139. The molecule has 19 rings (SSSR count). The molecule has 18 aromatic rings. The maximum atomic E-state index is 6.30. The van der Waals surface area contributed by atoms with Crippen molar-refractivity contribution in [2.75, 3.05) is 0 Å². The van der Waals surface area contributed by atoms with Crippen molar-refractivity contribution in [1.82, 2.24) is 38.7 Å². The van der Waals surface area contributed by atoms with E-state index in [1.54, 1.807) is 0 Å². The fourth-order valence-electron chi connectivity index (χ4n) is 13.5. The molecular formula is C84H60BClN8O2. The standard InChI is InChI=1S/C39H24N4.C24H22BNO2.C21H14ClN3/c1-3-10-26(11-4-1)37-40-38(27-12-5-2-6-13-27)42-39(41-37)28-20-18-25(19-21-28)29-22-23-31-33-16-9-15-32-30-14-7-8-17-34(30)43(36(32)33)35(31)24-29;1-23(2)24(3,4)28-25(27-23)15-12-13-17-19-10-7-9-18-16-8-5-6-11-20(16)26(22(18)19)21(17)14-15;22-18-13-11-17(12-14-18)21-24-19(15-7-3-1-4-8-15)23-20(25-21)16-9-5-2-6-10-16/h1-24H;5-14H,1-4H3;1-14H. The fraction of sp³-hybridized carbons (Fsp3) is 0.0714. The van der Waals surface area contributed by atoms with Gasteiger partial charge in [0.15, 0.2) is 34.9 Å². The summed E-state index contributed by atoms with van der Waals surface area (Å²) in [6, 6.07) is 100. The van der Waals surface area contributed by atoms with E-state index in [-0.39, 0.29) is 18.3 Å². The number of rotatable bonds is 8. The molecule has 0 spiro atoms. The summed E-state index contributed by atoms with van der Waals surface area (Å²) in [6.07, 6.45) is 0. The van der Waals surface area contributed by atoms with Crippen LogP contribution < -0.4 is 5.46 Å². The van der Waals surface area contributed by atoms with Gasteiger partial charge in [-0.15, -0.1) is 0 Å². The van der Waals surface area contributed by atoms with Crippen molar-refractivity contribution in [3.63, 3.8) is 0 Å². The fourth-order valence-corrected chi connectivity index (χ4v) is 13.6. The van der Waals surface area contributed by atoms with E-state index in [0.29, 0.717) is 40.0 Å². The molecular weight excluding hydrogens is 1200 g/mol. The summed E-state index contributed by atoms with van der Waals surface area (Å²) < 4.78 is 17.4. The monoisotopic (exact) mass is 1260 g/mol. The average Bonchev–Trinajstić information content (AvgIpc) is 1.55. The summed E-state index contributed by atoms with van der Waals surface area (Å²) in [6.45, 7) is 8.39. The third kappa shape index (κ3) is 10.2. The maximum Gasteiger partial charge on any atom is 0.494 e. The summed E-state index contributed by atoms with van der Waals surface area (Å²) in [5.74, 6) is 3.92. The van der Waals surface area contributed by atoms with Gasteiger partial charge in [-0.05, 0) is 92.8 Å². The topological polar surface area (TPSA) is 105 Å². The summed E-state index contributed by atoms with van der Waals surface area (Å²) >= 11 is 6.00. The first kappa shape index (κ1) is 58.4. The molecule has 12 aromatic carbocycles. The summed E-state index contributed by atoms with van der Waals surface area (Å²) in [5, 5.41) is 11.0. The van der Waals surface area contributed by atoms with E-state index >= 15 is 0 Å². The first-order valence-corrected chi connectivity index (χ1v) is 32.7. The molecule has 1 saturated heterocycles. The van der Waals surface area contributed by atoms with Crippen molar-refractivity contribution in [1.29, 1.82) is 0 Å². The molecule has 0 atom stereocenters. The third-order valence-corrected chi connectivity index (χ3v) is 19.2. The van der Waals surface area contributed by atoms with Gasteiger partial charge in [-0.1, -0.05) is 254 Å². The van der Waals surface area contributed by atoms with E-state index in [4.69, 9.17) is 35.9 Å². The van der Waals surface area contributed by atoms with Gasteiger partial charge in [0.05, 0.1) is 44.3 Å². The van der Waals surface area contributed by atoms with Gasteiger partial charge >= 0.3 is 7.12 Å². The van der Waals surface area contributed by atoms with Gasteiger partial charge in [0.2, 0.25) is 0 Å². The lowest BCUT2D eigenvalue weighted by Gasteiger charge is -2.32. The molecule has 1 fully saturated rings. The lowest BCUT2D eigenvalue weighted by atomic mass is 9.79. The zero-order valence-electron chi connectivity index (χ0n) is 53.1. The largest absolute Gasteiger partial charge is 0.494 e. The molecule has 10 nitrogen and oxygen atoms in total. The molecule has 0 bridgehead atoms. The van der Waals surface area contributed by atoms with Crippen molar-refractivity contribution < 1.29 is 9.31 Å². The summed E-state index contributed by atoms with van der Waals surface area (Å²) in [5.41, 5.74) is 15.9. The normalized spacial score (nSPS) is 13.5. The Kier molecular flexibility index (Phi) is 14.3. The van der Waals surface area contributed by atoms with Gasteiger partial charge in [-0.25, -0.2) is 29.9 Å². The van der Waals surface area contributed by atoms with E-state index < -0.39 is 0 Å². The third-order valence-electron chi connectivity index (χ3n) is 19.0. The van der Waals surface area contributed by atoms with Crippen molar-refractivity contribution >= 4 is 100 Å². The molecule has 12 heteroatoms. The Balaban J connectivity index is 0.000000115. The number of hydrogen-bond acceptors (Lipinski definition) is 8. The second-order valence-electron chi connectivity index (χ2n) is 25.4. The van der Waals surface area contributed by atoms with E-state index in [2.05, 4.69) is 197 Å². The first-order chi connectivity index (χ1) is 47.0. The van der Waals surface area contributed by atoms with Crippen LogP contribution in [-0.4, -0.2) is 57.0 Å². The van der Waals surface area contributed by atoms with Crippen LogP contribution in [0.3, 0.4) is 0 Å². The molecule has 1 aliphatic rings. The van der Waals surface area contributed by atoms with Crippen LogP contribution >= 0.6 is 11.6 Å². The first-order valence-electron chi connectivity index (χ1n) is 32.3. The summed E-state index contributed by atoms with van der Waals surface area (Å²) in [7, 11) is -0.351. The minimum atomic E-state index is -0.351. The van der Waals surface area contributed by atoms with Crippen LogP contribution in [-0.2, 0) is 9.31 Å². The molecule has 6 aromatic heterocycles. The molecule has 458 valence electrons. The number of hydrogen-bond donors (Lipinski definition) is 0. The van der Waals surface area contributed by atoms with Gasteiger partial charge in [-0.2, -0.15) is 0 Å². The minimum Gasteiger partial charge on any atom is -0.399 e. The van der Waals surface area contributed by atoms with Crippen LogP contribution in [0.1, 0.15) is 27.7 Å². The lowest BCUT2D eigenvalue weighted by molar-refractivity contribution is 0.00578. The predicted molar refractivity (Wildman–Crippen MR) is 394 cm³/mol. The molecule has 96 heavy (non-hydrogen) atoms. The molecule has 0 unspecified atom stereocenters. The van der Waals surface area contributed by atoms with Crippen LogP contribution in [0.25, 0.3) is 156 Å². The SMILES string of the molecule is CC1(C)OB(c2ccc3c4cccc5c6ccccc6n(c3c2)c54)OC1(C)C.Clc1ccc(-c2nc(-c3ccccc3)nc(-c3ccccc3)n2)cc1.c1ccc(-c2nc(-c3ccccc3)nc(-c3ccc(-c4ccc5c6cccc7c8ccccc8n(c5c4)c76)cc3)n2)cc1. The highest BCUT2D eigenvalue weighted by molar-refractivity contribution is 6.62. The van der Waals surface area contributed by atoms with E-state index in [0.717, 1.165) is 44.4 Å². The van der Waals surface area contributed by atoms with E-state index in [1.807, 2.05) is 146 Å². The molecule has 0 N–H and O–H groups in total. The lowest BCUT2D eigenvalue weighted by Crippen LogP contribution is -2.41. The van der Waals surface area contributed by atoms with Crippen molar-refractivity contribution in [2.45, 2.75) is 38.9 Å². The Morgan fingerprint density at radius 1 is 0.271 bits per heavy atom. The number of fused-ring (bicyclic) bond motifs is 12. The van der Waals surface area contributed by atoms with Gasteiger partial charge in [-0.3, -0.25) is 0 Å². The zero-order chi connectivity index (χ0) is 64.7. The van der Waals surface area contributed by atoms with Gasteiger partial charge < -0.3 is 18.1 Å². The predicted octanol–water partition coefficient (Wildman–Crippen LogP) is 20.4. The Labute approximate surface area is 559 Å². The van der Waals surface area contributed by atoms with Gasteiger partial charge in [0.25, 0.3) is 0 Å². The highest BCUT2D eigenvalue weighted by Gasteiger charge is 2.51. The zero-order valence-corrected chi connectivity index (χ0v) is 53.8. The second-order valence-corrected chi connectivity index (χ2v) is 25.8. The number of para-hydroxylation sites is 4. The van der Waals surface area contributed by atoms with Gasteiger partial charge in [0, 0.05) is 81.5 Å². The van der Waals surface area contributed by atoms with Crippen molar-refractivity contribution in [3.8, 4) is 79.5 Å². The van der Waals surface area contributed by atoms with Crippen LogP contribution in [0.15, 0.2) is 291 Å². The molecule has 0 saturated carbocycles. The van der Waals surface area contributed by atoms with E-state index in [9.17, 15) is 0 Å². The molecule has 0 aliphatic carbocycles. The van der Waals surface area contributed by atoms with E-state index in [1.165, 1.54) is 81.8 Å². The molecule has 7 heterocycles. The van der Waals surface area contributed by atoms with Crippen LogP contribution in [0.2, 0.25) is 5.02 Å². The average molecular weight is 1260 g/mol. The van der Waals surface area contributed by atoms with Gasteiger partial charge in [0.1, 0.15) is 0 Å².